The number of hydrogen-bond acceptors (Lipinski definition) is 5. The zero-order valence-electron chi connectivity index (χ0n) is 20.0. The minimum atomic E-state index is -3.63. The Bertz CT molecular complexity index is 1010. The largest absolute Gasteiger partial charge is 0.379 e. The van der Waals surface area contributed by atoms with Gasteiger partial charge in [0, 0.05) is 26.2 Å². The minimum absolute atomic E-state index is 0.116. The number of piperidine rings is 1. The second-order valence-corrected chi connectivity index (χ2v) is 13.3. The predicted octanol–water partition coefficient (Wildman–Crippen LogP) is 3.85. The number of ether oxygens (including phenoxy) is 1. The molecule has 0 spiro atoms. The zero-order chi connectivity index (χ0) is 23.3. The number of rotatable bonds is 5. The van der Waals surface area contributed by atoms with Gasteiger partial charge in [0.1, 0.15) is 0 Å². The summed E-state index contributed by atoms with van der Waals surface area (Å²) >= 11 is 0. The maximum absolute atomic E-state index is 13.9. The number of nitrogens with one attached hydrogen (secondary N) is 1. The fourth-order valence-corrected chi connectivity index (χ4v) is 9.20. The van der Waals surface area contributed by atoms with E-state index in [1.807, 2.05) is 6.07 Å². The average molecular weight is 488 g/mol. The first-order valence-corrected chi connectivity index (χ1v) is 14.7. The van der Waals surface area contributed by atoms with E-state index in [9.17, 15) is 13.2 Å². The van der Waals surface area contributed by atoms with Crippen LogP contribution in [0.5, 0.6) is 0 Å². The minimum Gasteiger partial charge on any atom is -0.379 e. The third-order valence-electron chi connectivity index (χ3n) is 9.04. The van der Waals surface area contributed by atoms with Crippen molar-refractivity contribution in [1.82, 2.24) is 4.31 Å². The van der Waals surface area contributed by atoms with Gasteiger partial charge in [-0.3, -0.25) is 4.79 Å². The summed E-state index contributed by atoms with van der Waals surface area (Å²) < 4.78 is 33.6. The molecule has 2 aliphatic heterocycles. The van der Waals surface area contributed by atoms with Crippen molar-refractivity contribution in [2.45, 2.75) is 62.7 Å². The normalized spacial score (nSPS) is 33.8. The number of anilines is 2. The second kappa shape index (κ2) is 8.79. The summed E-state index contributed by atoms with van der Waals surface area (Å²) in [6, 6.07) is 5.34. The number of carbonyl (C=O) groups is 1. The van der Waals surface area contributed by atoms with E-state index >= 15 is 0 Å². The van der Waals surface area contributed by atoms with Crippen LogP contribution in [0.4, 0.5) is 11.4 Å². The third-order valence-corrected chi connectivity index (χ3v) is 10.9. The number of benzene rings is 1. The molecule has 2 heterocycles. The van der Waals surface area contributed by atoms with Crippen LogP contribution in [0.3, 0.4) is 0 Å². The Labute approximate surface area is 203 Å². The Morgan fingerprint density at radius 2 is 1.53 bits per heavy atom. The predicted molar refractivity (Wildman–Crippen MR) is 131 cm³/mol. The van der Waals surface area contributed by atoms with Crippen molar-refractivity contribution in [3.05, 3.63) is 18.2 Å². The summed E-state index contributed by atoms with van der Waals surface area (Å²) in [7, 11) is -3.63. The van der Waals surface area contributed by atoms with Gasteiger partial charge in [-0.2, -0.15) is 4.31 Å². The molecule has 6 fully saturated rings. The summed E-state index contributed by atoms with van der Waals surface area (Å²) in [6.45, 7) is 3.45. The van der Waals surface area contributed by atoms with Gasteiger partial charge in [0.15, 0.2) is 0 Å². The van der Waals surface area contributed by atoms with Crippen molar-refractivity contribution in [3.63, 3.8) is 0 Å². The van der Waals surface area contributed by atoms with Gasteiger partial charge in [0.2, 0.25) is 15.9 Å². The first kappa shape index (κ1) is 22.8. The van der Waals surface area contributed by atoms with Gasteiger partial charge in [0.05, 0.1) is 34.9 Å². The molecular formula is C26H37N3O4S. The molecule has 186 valence electrons. The Kier molecular flexibility index (Phi) is 5.89. The Morgan fingerprint density at radius 3 is 2.15 bits per heavy atom. The highest BCUT2D eigenvalue weighted by molar-refractivity contribution is 7.89. The molecule has 0 atom stereocenters. The molecule has 4 bridgehead atoms. The number of morpholine rings is 1. The molecule has 7 nitrogen and oxygen atoms in total. The number of hydrogen-bond donors (Lipinski definition) is 1. The molecule has 1 aromatic carbocycles. The molecule has 1 aromatic rings. The molecule has 0 radical (unpaired) electrons. The van der Waals surface area contributed by atoms with Gasteiger partial charge >= 0.3 is 0 Å². The third kappa shape index (κ3) is 4.05. The molecule has 0 unspecified atom stereocenters. The van der Waals surface area contributed by atoms with E-state index in [0.29, 0.717) is 49.7 Å². The van der Waals surface area contributed by atoms with Crippen LogP contribution in [-0.2, 0) is 19.6 Å². The van der Waals surface area contributed by atoms with Crippen LogP contribution < -0.4 is 10.2 Å². The highest BCUT2D eigenvalue weighted by atomic mass is 32.2. The van der Waals surface area contributed by atoms with E-state index in [1.54, 1.807) is 12.1 Å². The molecule has 6 aliphatic rings. The average Bonchev–Trinajstić information content (AvgIpc) is 2.84. The lowest BCUT2D eigenvalue weighted by Gasteiger charge is -2.55. The molecular weight excluding hydrogens is 450 g/mol. The van der Waals surface area contributed by atoms with Crippen molar-refractivity contribution in [3.8, 4) is 0 Å². The van der Waals surface area contributed by atoms with Crippen LogP contribution >= 0.6 is 0 Å². The number of carbonyl (C=O) groups excluding carboxylic acids is 1. The lowest BCUT2D eigenvalue weighted by molar-refractivity contribution is -0.140. The number of amides is 1. The lowest BCUT2D eigenvalue weighted by atomic mass is 9.49. The van der Waals surface area contributed by atoms with E-state index in [4.69, 9.17) is 4.74 Å². The van der Waals surface area contributed by atoms with Crippen LogP contribution in [-0.4, -0.2) is 58.0 Å². The molecule has 1 amide bonds. The van der Waals surface area contributed by atoms with Gasteiger partial charge in [0.25, 0.3) is 0 Å². The molecule has 0 aromatic heterocycles. The van der Waals surface area contributed by atoms with Gasteiger partial charge in [-0.05, 0) is 93.7 Å². The first-order valence-electron chi connectivity index (χ1n) is 13.2. The maximum atomic E-state index is 13.9. The van der Waals surface area contributed by atoms with Gasteiger partial charge in [-0.15, -0.1) is 0 Å². The van der Waals surface area contributed by atoms with E-state index < -0.39 is 10.0 Å². The molecule has 34 heavy (non-hydrogen) atoms. The standard InChI is InChI=1S/C26H37N3O4S/c30-25(26-16-19-12-20(17-26)14-21(13-19)18-26)27-23-15-22(34(31,32)29-8-10-33-11-9-29)4-5-24(23)28-6-2-1-3-7-28/h4-5,15,19-21H,1-3,6-14,16-18H2,(H,27,30). The zero-order valence-corrected chi connectivity index (χ0v) is 20.8. The lowest BCUT2D eigenvalue weighted by Crippen LogP contribution is -2.51. The van der Waals surface area contributed by atoms with E-state index in [0.717, 1.165) is 50.9 Å². The van der Waals surface area contributed by atoms with Crippen molar-refractivity contribution in [2.75, 3.05) is 49.6 Å². The van der Waals surface area contributed by atoms with Crippen molar-refractivity contribution >= 4 is 27.3 Å². The number of nitrogens with zero attached hydrogens (tertiary/aromatic N) is 2. The van der Waals surface area contributed by atoms with Crippen LogP contribution in [0.2, 0.25) is 0 Å². The monoisotopic (exact) mass is 487 g/mol. The van der Waals surface area contributed by atoms with Crippen LogP contribution in [0.25, 0.3) is 0 Å². The summed E-state index contributed by atoms with van der Waals surface area (Å²) in [5.74, 6) is 2.18. The van der Waals surface area contributed by atoms with Crippen LogP contribution in [0.15, 0.2) is 23.1 Å². The summed E-state index contributed by atoms with van der Waals surface area (Å²) in [5.41, 5.74) is 1.35. The Hall–Kier alpha value is -1.64. The summed E-state index contributed by atoms with van der Waals surface area (Å²) in [6.07, 6.45) is 10.3. The molecule has 4 aliphatic carbocycles. The Morgan fingerprint density at radius 1 is 0.912 bits per heavy atom. The SMILES string of the molecule is O=C(Nc1cc(S(=O)(=O)N2CCOCC2)ccc1N1CCCCC1)C12CC3CC(CC(C3)C1)C2. The van der Waals surface area contributed by atoms with Crippen molar-refractivity contribution in [2.24, 2.45) is 23.2 Å². The highest BCUT2D eigenvalue weighted by Gasteiger charge is 2.54. The molecule has 8 heteroatoms. The topological polar surface area (TPSA) is 79.0 Å². The summed E-state index contributed by atoms with van der Waals surface area (Å²) in [5, 5.41) is 3.29. The quantitative estimate of drug-likeness (QED) is 0.683. The maximum Gasteiger partial charge on any atom is 0.243 e. The van der Waals surface area contributed by atoms with E-state index in [-0.39, 0.29) is 16.2 Å². The van der Waals surface area contributed by atoms with Gasteiger partial charge in [-0.1, -0.05) is 0 Å². The molecule has 4 saturated carbocycles. The Balaban J connectivity index is 1.32. The molecule has 2 saturated heterocycles. The smallest absolute Gasteiger partial charge is 0.243 e. The van der Waals surface area contributed by atoms with Gasteiger partial charge < -0.3 is 15.0 Å². The van der Waals surface area contributed by atoms with Crippen molar-refractivity contribution in [1.29, 1.82) is 0 Å². The second-order valence-electron chi connectivity index (χ2n) is 11.4. The van der Waals surface area contributed by atoms with Crippen LogP contribution in [0, 0.1) is 23.2 Å². The van der Waals surface area contributed by atoms with E-state index in [2.05, 4.69) is 10.2 Å². The fourth-order valence-electron chi connectivity index (χ4n) is 7.77. The molecule has 1 N–H and O–H groups in total. The fraction of sp³-hybridized carbons (Fsp3) is 0.731. The van der Waals surface area contributed by atoms with Crippen LogP contribution in [0.1, 0.15) is 57.8 Å². The number of sulfonamides is 1. The van der Waals surface area contributed by atoms with Crippen molar-refractivity contribution < 1.29 is 17.9 Å². The van der Waals surface area contributed by atoms with Gasteiger partial charge in [-0.25, -0.2) is 8.42 Å². The molecule has 7 rings (SSSR count). The summed E-state index contributed by atoms with van der Waals surface area (Å²) in [4.78, 5) is 16.4. The highest BCUT2D eigenvalue weighted by Crippen LogP contribution is 2.60. The van der Waals surface area contributed by atoms with E-state index in [1.165, 1.54) is 30.0 Å². The first-order chi connectivity index (χ1) is 16.4.